The SMILES string of the molecule is OC1([C@H](CN2CCN(C=Cc3ccccc3)CC2)c2cccc(OC(F)(F)F)c2)CCCCC1. The molecule has 1 heterocycles. The minimum Gasteiger partial charge on any atom is -0.406 e. The fraction of sp³-hybridized carbons (Fsp3) is 0.481. The van der Waals surface area contributed by atoms with Crippen LogP contribution < -0.4 is 4.74 Å². The smallest absolute Gasteiger partial charge is 0.406 e. The van der Waals surface area contributed by atoms with Gasteiger partial charge in [-0.05, 0) is 48.4 Å². The zero-order chi connectivity index (χ0) is 24.0. The van der Waals surface area contributed by atoms with Crippen LogP contribution in [0.3, 0.4) is 0 Å². The zero-order valence-electron chi connectivity index (χ0n) is 19.4. The first-order valence-electron chi connectivity index (χ1n) is 12.1. The summed E-state index contributed by atoms with van der Waals surface area (Å²) in [6.07, 6.45) is 3.78. The quantitative estimate of drug-likeness (QED) is 0.562. The Hall–Kier alpha value is -2.51. The van der Waals surface area contributed by atoms with Crippen LogP contribution in [0.4, 0.5) is 13.2 Å². The first-order chi connectivity index (χ1) is 16.3. The minimum absolute atomic E-state index is 0.231. The predicted molar refractivity (Wildman–Crippen MR) is 127 cm³/mol. The van der Waals surface area contributed by atoms with Gasteiger partial charge in [-0.25, -0.2) is 0 Å². The molecule has 1 atom stereocenters. The number of halogens is 3. The van der Waals surface area contributed by atoms with E-state index in [0.717, 1.165) is 51.0 Å². The molecule has 1 saturated carbocycles. The van der Waals surface area contributed by atoms with E-state index < -0.39 is 12.0 Å². The highest BCUT2D eigenvalue weighted by Gasteiger charge is 2.40. The Balaban J connectivity index is 1.45. The summed E-state index contributed by atoms with van der Waals surface area (Å²) in [6, 6.07) is 16.3. The van der Waals surface area contributed by atoms with Gasteiger partial charge in [0.2, 0.25) is 0 Å². The molecule has 0 unspecified atom stereocenters. The van der Waals surface area contributed by atoms with Crippen LogP contribution in [0.2, 0.25) is 0 Å². The van der Waals surface area contributed by atoms with Crippen molar-refractivity contribution in [3.63, 3.8) is 0 Å². The van der Waals surface area contributed by atoms with Gasteiger partial charge in [0.1, 0.15) is 5.75 Å². The maximum atomic E-state index is 12.8. The second-order valence-electron chi connectivity index (χ2n) is 9.40. The Morgan fingerprint density at radius 3 is 2.32 bits per heavy atom. The lowest BCUT2D eigenvalue weighted by molar-refractivity contribution is -0.274. The van der Waals surface area contributed by atoms with E-state index >= 15 is 0 Å². The molecule has 2 aromatic rings. The number of ether oxygens (including phenoxy) is 1. The second-order valence-corrected chi connectivity index (χ2v) is 9.40. The maximum absolute atomic E-state index is 12.8. The van der Waals surface area contributed by atoms with E-state index in [1.807, 2.05) is 24.3 Å². The third-order valence-electron chi connectivity index (χ3n) is 6.99. The maximum Gasteiger partial charge on any atom is 0.573 e. The van der Waals surface area contributed by atoms with Crippen molar-refractivity contribution < 1.29 is 23.0 Å². The Bertz CT molecular complexity index is 934. The number of hydrogen-bond donors (Lipinski definition) is 1. The monoisotopic (exact) mass is 474 g/mol. The molecule has 0 aromatic heterocycles. The van der Waals surface area contributed by atoms with Gasteiger partial charge < -0.3 is 14.7 Å². The van der Waals surface area contributed by atoms with Crippen molar-refractivity contribution in [1.29, 1.82) is 0 Å². The molecule has 0 radical (unpaired) electrons. The van der Waals surface area contributed by atoms with Crippen LogP contribution in [0.5, 0.6) is 5.75 Å². The molecule has 0 amide bonds. The molecule has 2 fully saturated rings. The molecule has 0 spiro atoms. The van der Waals surface area contributed by atoms with Crippen LogP contribution in [0.1, 0.15) is 49.1 Å². The van der Waals surface area contributed by atoms with E-state index in [1.165, 1.54) is 12.1 Å². The van der Waals surface area contributed by atoms with Crippen molar-refractivity contribution in [3.8, 4) is 5.75 Å². The van der Waals surface area contributed by atoms with Crippen molar-refractivity contribution in [2.75, 3.05) is 32.7 Å². The summed E-state index contributed by atoms with van der Waals surface area (Å²) in [4.78, 5) is 4.60. The highest BCUT2D eigenvalue weighted by molar-refractivity contribution is 5.48. The Morgan fingerprint density at radius 2 is 1.65 bits per heavy atom. The normalized spacial score (nSPS) is 20.4. The molecule has 4 nitrogen and oxygen atoms in total. The van der Waals surface area contributed by atoms with Crippen molar-refractivity contribution in [2.45, 2.75) is 50.0 Å². The molecule has 1 aliphatic carbocycles. The van der Waals surface area contributed by atoms with Gasteiger partial charge in [0, 0.05) is 38.6 Å². The summed E-state index contributed by atoms with van der Waals surface area (Å²) in [5.41, 5.74) is 0.947. The van der Waals surface area contributed by atoms with E-state index in [0.29, 0.717) is 24.9 Å². The molecule has 1 saturated heterocycles. The Kier molecular flexibility index (Phi) is 7.84. The van der Waals surface area contributed by atoms with Gasteiger partial charge in [-0.1, -0.05) is 61.7 Å². The third-order valence-corrected chi connectivity index (χ3v) is 6.99. The number of aliphatic hydroxyl groups is 1. The molecular weight excluding hydrogens is 441 g/mol. The summed E-state index contributed by atoms with van der Waals surface area (Å²) in [7, 11) is 0. The van der Waals surface area contributed by atoms with Crippen molar-refractivity contribution >= 4 is 6.08 Å². The van der Waals surface area contributed by atoms with E-state index in [-0.39, 0.29) is 11.7 Å². The summed E-state index contributed by atoms with van der Waals surface area (Å²) in [6.45, 7) is 4.02. The van der Waals surface area contributed by atoms with E-state index in [9.17, 15) is 18.3 Å². The second kappa shape index (κ2) is 10.8. The summed E-state index contributed by atoms with van der Waals surface area (Å²) < 4.78 is 42.6. The van der Waals surface area contributed by atoms with E-state index in [1.54, 1.807) is 6.07 Å². The van der Waals surface area contributed by atoms with Gasteiger partial charge in [0.05, 0.1) is 5.60 Å². The summed E-state index contributed by atoms with van der Waals surface area (Å²) >= 11 is 0. The van der Waals surface area contributed by atoms with Gasteiger partial charge in [0.15, 0.2) is 0 Å². The lowest BCUT2D eigenvalue weighted by Gasteiger charge is -2.43. The van der Waals surface area contributed by atoms with Crippen LogP contribution in [0, 0.1) is 0 Å². The van der Waals surface area contributed by atoms with Crippen LogP contribution in [0.25, 0.3) is 6.08 Å². The summed E-state index contributed by atoms with van der Waals surface area (Å²) in [5.74, 6) is -0.499. The molecule has 4 rings (SSSR count). The van der Waals surface area contributed by atoms with Crippen LogP contribution >= 0.6 is 0 Å². The van der Waals surface area contributed by atoms with E-state index in [4.69, 9.17) is 0 Å². The fourth-order valence-electron chi connectivity index (χ4n) is 5.14. The number of nitrogens with zero attached hydrogens (tertiary/aromatic N) is 2. The van der Waals surface area contributed by atoms with Gasteiger partial charge in [0.25, 0.3) is 0 Å². The Labute approximate surface area is 199 Å². The lowest BCUT2D eigenvalue weighted by atomic mass is 9.72. The van der Waals surface area contributed by atoms with Crippen molar-refractivity contribution in [1.82, 2.24) is 9.80 Å². The number of piperazine rings is 1. The zero-order valence-corrected chi connectivity index (χ0v) is 19.4. The molecule has 2 aromatic carbocycles. The molecule has 184 valence electrons. The average molecular weight is 475 g/mol. The van der Waals surface area contributed by atoms with Gasteiger partial charge in [-0.15, -0.1) is 13.2 Å². The third kappa shape index (κ3) is 6.76. The molecule has 2 aliphatic rings. The molecular formula is C27H33F3N2O2. The van der Waals surface area contributed by atoms with Gasteiger partial charge >= 0.3 is 6.36 Å². The van der Waals surface area contributed by atoms with Crippen LogP contribution in [-0.2, 0) is 0 Å². The molecule has 34 heavy (non-hydrogen) atoms. The largest absolute Gasteiger partial charge is 0.573 e. The van der Waals surface area contributed by atoms with Gasteiger partial charge in [-0.2, -0.15) is 0 Å². The number of benzene rings is 2. The molecule has 1 aliphatic heterocycles. The molecule has 1 N–H and O–H groups in total. The highest BCUT2D eigenvalue weighted by Crippen LogP contribution is 2.41. The first kappa shape index (κ1) is 24.6. The number of hydrogen-bond acceptors (Lipinski definition) is 4. The average Bonchev–Trinajstić information content (AvgIpc) is 2.82. The van der Waals surface area contributed by atoms with Gasteiger partial charge in [-0.3, -0.25) is 4.90 Å². The lowest BCUT2D eigenvalue weighted by Crippen LogP contribution is -2.49. The first-order valence-corrected chi connectivity index (χ1v) is 12.1. The van der Waals surface area contributed by atoms with Crippen LogP contribution in [-0.4, -0.2) is 59.6 Å². The van der Waals surface area contributed by atoms with E-state index in [2.05, 4.69) is 38.9 Å². The standard InChI is InChI=1S/C27H33F3N2O2/c28-27(29,30)34-24-11-7-10-23(20-24)25(26(33)13-5-2-6-14-26)21-32-18-16-31(17-19-32)15-12-22-8-3-1-4-9-22/h1,3-4,7-12,15,20,25,33H,2,5-6,13-14,16-19,21H2/t25-/m1/s1. The van der Waals surface area contributed by atoms with Crippen LogP contribution in [0.15, 0.2) is 60.8 Å². The predicted octanol–water partition coefficient (Wildman–Crippen LogP) is 5.65. The van der Waals surface area contributed by atoms with Crippen molar-refractivity contribution in [3.05, 3.63) is 71.9 Å². The summed E-state index contributed by atoms with van der Waals surface area (Å²) in [5, 5.41) is 11.6. The number of alkyl halides is 3. The number of rotatable bonds is 7. The molecule has 7 heteroatoms. The molecule has 0 bridgehead atoms. The topological polar surface area (TPSA) is 35.9 Å². The Morgan fingerprint density at radius 1 is 0.941 bits per heavy atom. The fourth-order valence-corrected chi connectivity index (χ4v) is 5.14. The van der Waals surface area contributed by atoms with Crippen molar-refractivity contribution in [2.24, 2.45) is 0 Å². The highest BCUT2D eigenvalue weighted by atomic mass is 19.4. The minimum atomic E-state index is -4.74.